The number of hydrogen-bond donors (Lipinski definition) is 2. The number of carbonyl (C=O) groups is 5. The standard InChI is InChI=1S/C45H58N6O17/c1-29(2)7-5-23-65-36(55)14-17-47-40(59)46(16-13-35(53)54)41(60)48(42(47)61)18-15-37(56)66-25-20-50-43(62)49(19-22-52)44(63)51(45(50)64)21-26-68-39(58)34-12-10-31-27-33(11-9-32(31)28-34)38(57)67-24-6-8-30(3)4/h9-12,27-30,52H,5-8,13-26H2,1-4H3,(H,53,54). The van der Waals surface area contributed by atoms with Crippen LogP contribution in [0.2, 0.25) is 0 Å². The van der Waals surface area contributed by atoms with Crippen LogP contribution in [0.15, 0.2) is 65.2 Å². The Morgan fingerprint density at radius 2 is 0.809 bits per heavy atom. The molecular formula is C45H58N6O17. The van der Waals surface area contributed by atoms with Crippen LogP contribution in [0.4, 0.5) is 0 Å². The summed E-state index contributed by atoms with van der Waals surface area (Å²) >= 11 is 0. The summed E-state index contributed by atoms with van der Waals surface area (Å²) in [7, 11) is 0. The molecule has 0 aliphatic heterocycles. The molecule has 0 unspecified atom stereocenters. The summed E-state index contributed by atoms with van der Waals surface area (Å²) in [5.74, 6) is -3.52. The van der Waals surface area contributed by atoms with Crippen molar-refractivity contribution in [1.82, 2.24) is 27.4 Å². The number of rotatable bonds is 27. The number of aromatic nitrogens is 6. The first kappa shape index (κ1) is 53.4. The second-order valence-electron chi connectivity index (χ2n) is 16.5. The lowest BCUT2D eigenvalue weighted by atomic mass is 10.0. The average molecular weight is 955 g/mol. The van der Waals surface area contributed by atoms with Crippen molar-refractivity contribution in [2.75, 3.05) is 33.0 Å². The average Bonchev–Trinajstić information content (AvgIpc) is 3.29. The summed E-state index contributed by atoms with van der Waals surface area (Å²) < 4.78 is 24.3. The zero-order chi connectivity index (χ0) is 50.1. The molecule has 0 saturated carbocycles. The Morgan fingerprint density at radius 3 is 1.21 bits per heavy atom. The molecule has 2 heterocycles. The Bertz CT molecular complexity index is 2830. The molecule has 23 nitrogen and oxygen atoms in total. The van der Waals surface area contributed by atoms with Gasteiger partial charge in [-0.25, -0.2) is 65.8 Å². The lowest BCUT2D eigenvalue weighted by molar-refractivity contribution is -0.145. The predicted molar refractivity (Wildman–Crippen MR) is 242 cm³/mol. The molecule has 4 rings (SSSR count). The molecule has 0 radical (unpaired) electrons. The Labute approximate surface area is 387 Å². The molecule has 0 aliphatic rings. The molecular weight excluding hydrogens is 897 g/mol. The highest BCUT2D eigenvalue weighted by Gasteiger charge is 2.21. The van der Waals surface area contributed by atoms with E-state index >= 15 is 0 Å². The van der Waals surface area contributed by atoms with Gasteiger partial charge in [-0.2, -0.15) is 0 Å². The quantitative estimate of drug-likeness (QED) is 0.0473. The number of benzene rings is 2. The molecule has 2 aromatic heterocycles. The zero-order valence-corrected chi connectivity index (χ0v) is 38.5. The topological polar surface area (TPSA) is 295 Å². The van der Waals surface area contributed by atoms with Crippen molar-refractivity contribution < 1.29 is 53.1 Å². The minimum Gasteiger partial charge on any atom is -0.481 e. The third-order valence-corrected chi connectivity index (χ3v) is 10.5. The Hall–Kier alpha value is -7.17. The number of aliphatic carboxylic acids is 1. The molecule has 0 bridgehead atoms. The van der Waals surface area contributed by atoms with Gasteiger partial charge < -0.3 is 29.2 Å². The van der Waals surface area contributed by atoms with E-state index in [1.165, 1.54) is 12.1 Å². The molecule has 2 N–H and O–H groups in total. The van der Waals surface area contributed by atoms with Gasteiger partial charge >= 0.3 is 64.0 Å². The zero-order valence-electron chi connectivity index (χ0n) is 38.5. The largest absolute Gasteiger partial charge is 0.481 e. The summed E-state index contributed by atoms with van der Waals surface area (Å²) in [5.41, 5.74) is -6.52. The van der Waals surface area contributed by atoms with Crippen LogP contribution in [0.5, 0.6) is 0 Å². The third-order valence-electron chi connectivity index (χ3n) is 10.5. The second-order valence-corrected chi connectivity index (χ2v) is 16.5. The van der Waals surface area contributed by atoms with Crippen LogP contribution in [-0.2, 0) is 72.6 Å². The van der Waals surface area contributed by atoms with Crippen LogP contribution in [0.3, 0.4) is 0 Å². The van der Waals surface area contributed by atoms with Gasteiger partial charge in [0.2, 0.25) is 0 Å². The summed E-state index contributed by atoms with van der Waals surface area (Å²) in [4.78, 5) is 141. The van der Waals surface area contributed by atoms with Gasteiger partial charge in [0.25, 0.3) is 0 Å². The van der Waals surface area contributed by atoms with Crippen LogP contribution in [0.25, 0.3) is 10.8 Å². The van der Waals surface area contributed by atoms with E-state index in [1.54, 1.807) is 24.3 Å². The van der Waals surface area contributed by atoms with Gasteiger partial charge in [-0.3, -0.25) is 14.4 Å². The van der Waals surface area contributed by atoms with Crippen LogP contribution in [-0.4, -0.2) is 100 Å². The third kappa shape index (κ3) is 14.9. The normalized spacial score (nSPS) is 11.3. The van der Waals surface area contributed by atoms with Gasteiger partial charge in [0.15, 0.2) is 0 Å². The highest BCUT2D eigenvalue weighted by Crippen LogP contribution is 2.20. The van der Waals surface area contributed by atoms with Crippen LogP contribution in [0, 0.1) is 11.8 Å². The smallest absolute Gasteiger partial charge is 0.338 e. The van der Waals surface area contributed by atoms with Crippen LogP contribution in [0.1, 0.15) is 93.4 Å². The van der Waals surface area contributed by atoms with E-state index in [0.717, 1.165) is 19.3 Å². The van der Waals surface area contributed by atoms with Gasteiger partial charge in [-0.05, 0) is 72.6 Å². The van der Waals surface area contributed by atoms with E-state index in [2.05, 4.69) is 13.8 Å². The fraction of sp³-hybridized carbons (Fsp3) is 0.533. The molecule has 0 amide bonds. The van der Waals surface area contributed by atoms with Gasteiger partial charge in [-0.1, -0.05) is 39.8 Å². The van der Waals surface area contributed by atoms with Gasteiger partial charge in [0.1, 0.15) is 13.2 Å². The summed E-state index contributed by atoms with van der Waals surface area (Å²) in [6.07, 6.45) is 1.29. The number of carboxylic acids is 1. The highest BCUT2D eigenvalue weighted by atomic mass is 16.5. The number of nitrogens with zero attached hydrogens (tertiary/aromatic N) is 6. The number of fused-ring (bicyclic) bond motifs is 1. The van der Waals surface area contributed by atoms with E-state index < -0.39 is 142 Å². The molecule has 2 aromatic carbocycles. The molecule has 68 heavy (non-hydrogen) atoms. The fourth-order valence-electron chi connectivity index (χ4n) is 6.85. The first-order valence-electron chi connectivity index (χ1n) is 22.2. The lowest BCUT2D eigenvalue weighted by Gasteiger charge is -2.14. The van der Waals surface area contributed by atoms with Gasteiger partial charge in [0.05, 0.1) is 69.8 Å². The minimum atomic E-state index is -1.35. The summed E-state index contributed by atoms with van der Waals surface area (Å²) in [5, 5.41) is 20.0. The number of aliphatic hydroxyl groups is 1. The molecule has 370 valence electrons. The monoisotopic (exact) mass is 954 g/mol. The van der Waals surface area contributed by atoms with Crippen molar-refractivity contribution in [2.45, 2.75) is 112 Å². The van der Waals surface area contributed by atoms with Crippen molar-refractivity contribution in [3.05, 3.63) is 110 Å². The predicted octanol–water partition coefficient (Wildman–Crippen LogP) is 0.730. The maximum atomic E-state index is 13.4. The van der Waals surface area contributed by atoms with Crippen molar-refractivity contribution in [2.24, 2.45) is 11.8 Å². The van der Waals surface area contributed by atoms with Crippen molar-refractivity contribution in [3.63, 3.8) is 0 Å². The highest BCUT2D eigenvalue weighted by molar-refractivity contribution is 5.99. The van der Waals surface area contributed by atoms with Crippen molar-refractivity contribution in [3.8, 4) is 0 Å². The van der Waals surface area contributed by atoms with Crippen LogP contribution >= 0.6 is 0 Å². The Morgan fingerprint density at radius 1 is 0.471 bits per heavy atom. The fourth-order valence-corrected chi connectivity index (χ4v) is 6.85. The number of ether oxygens (including phenoxy) is 4. The van der Waals surface area contributed by atoms with Gasteiger partial charge in [-0.15, -0.1) is 0 Å². The molecule has 0 atom stereocenters. The summed E-state index contributed by atoms with van der Waals surface area (Å²) in [6.45, 7) is 3.29. The number of esters is 4. The number of carbonyl (C=O) groups excluding carboxylic acids is 4. The number of aliphatic hydroxyl groups excluding tert-OH is 1. The summed E-state index contributed by atoms with van der Waals surface area (Å²) in [6, 6.07) is 9.46. The molecule has 4 aromatic rings. The van der Waals surface area contributed by atoms with Gasteiger partial charge in [0, 0.05) is 19.6 Å². The van der Waals surface area contributed by atoms with E-state index in [1.807, 2.05) is 13.8 Å². The van der Waals surface area contributed by atoms with E-state index in [9.17, 15) is 57.8 Å². The lowest BCUT2D eigenvalue weighted by Crippen LogP contribution is -2.55. The molecule has 0 saturated heterocycles. The van der Waals surface area contributed by atoms with Crippen molar-refractivity contribution in [1.29, 1.82) is 0 Å². The molecule has 0 spiro atoms. The minimum absolute atomic E-state index is 0.114. The molecule has 23 heteroatoms. The number of carboxylic acid groups (broad SMARTS) is 1. The maximum Gasteiger partial charge on any atom is 0.338 e. The molecule has 0 fully saturated rings. The van der Waals surface area contributed by atoms with Crippen molar-refractivity contribution >= 4 is 40.6 Å². The van der Waals surface area contributed by atoms with E-state index in [-0.39, 0.29) is 12.2 Å². The number of hydrogen-bond acceptors (Lipinski definition) is 16. The van der Waals surface area contributed by atoms with Crippen LogP contribution < -0.4 is 34.1 Å². The first-order chi connectivity index (χ1) is 32.3. The van der Waals surface area contributed by atoms with E-state index in [4.69, 9.17) is 24.1 Å². The maximum absolute atomic E-state index is 13.4. The van der Waals surface area contributed by atoms with E-state index in [0.29, 0.717) is 68.6 Å². The first-order valence-corrected chi connectivity index (χ1v) is 22.2. The second kappa shape index (κ2) is 25.7. The Balaban J connectivity index is 1.41. The Kier molecular flexibility index (Phi) is 20.2. The SMILES string of the molecule is CC(C)CCCOC(=O)CCn1c(=O)n(CCC(=O)O)c(=O)n(CCC(=O)OCCn2c(=O)n(CCO)c(=O)n(CCOC(=O)c3ccc4cc(C(=O)OCCCC(C)C)ccc4c3)c2=O)c1=O. The molecule has 0 aliphatic carbocycles.